The van der Waals surface area contributed by atoms with Crippen LogP contribution in [0.1, 0.15) is 53.1 Å². The van der Waals surface area contributed by atoms with Crippen LogP contribution < -0.4 is 5.32 Å². The van der Waals surface area contributed by atoms with Crippen molar-refractivity contribution in [1.29, 1.82) is 0 Å². The summed E-state index contributed by atoms with van der Waals surface area (Å²) in [6.07, 6.45) is 1.99. The number of aryl methyl sites for hydroxylation is 1. The maximum Gasteiger partial charge on any atom is 0.231 e. The number of ether oxygens (including phenoxy) is 1. The van der Waals surface area contributed by atoms with E-state index in [9.17, 15) is 4.79 Å². The molecule has 0 amide bonds. The lowest BCUT2D eigenvalue weighted by molar-refractivity contribution is -0.0811. The molecule has 1 spiro atoms. The van der Waals surface area contributed by atoms with Gasteiger partial charge in [-0.15, -0.1) is 0 Å². The van der Waals surface area contributed by atoms with E-state index in [4.69, 9.17) is 9.15 Å². The average molecular weight is 440 g/mol. The second-order valence-electron chi connectivity index (χ2n) is 7.64. The Balaban J connectivity index is 1.56. The topological polar surface area (TPSA) is 51.5 Å². The molecule has 3 aromatic rings. The molecule has 1 aromatic heterocycles. The van der Waals surface area contributed by atoms with Crippen molar-refractivity contribution in [3.63, 3.8) is 0 Å². The zero-order valence-electron chi connectivity index (χ0n) is 15.8. The molecular formula is C23H22BrNO3. The number of carbonyl (C=O) groups excluding carboxylic acids is 1. The molecule has 144 valence electrons. The summed E-state index contributed by atoms with van der Waals surface area (Å²) in [5, 5.41) is 4.33. The van der Waals surface area contributed by atoms with Crippen molar-refractivity contribution in [3.05, 3.63) is 69.4 Å². The molecule has 0 unspecified atom stereocenters. The van der Waals surface area contributed by atoms with Crippen molar-refractivity contribution < 1.29 is 13.9 Å². The van der Waals surface area contributed by atoms with Crippen LogP contribution in [0.3, 0.4) is 0 Å². The summed E-state index contributed by atoms with van der Waals surface area (Å²) in [5.41, 5.74) is 3.64. The van der Waals surface area contributed by atoms with Gasteiger partial charge in [0.1, 0.15) is 5.58 Å². The van der Waals surface area contributed by atoms with Crippen LogP contribution in [-0.2, 0) is 16.8 Å². The molecule has 0 saturated carbocycles. The number of ketones is 1. The van der Waals surface area contributed by atoms with Crippen LogP contribution in [-0.4, -0.2) is 18.9 Å². The fourth-order valence-electron chi connectivity index (χ4n) is 4.60. The second-order valence-corrected chi connectivity index (χ2v) is 8.56. The highest BCUT2D eigenvalue weighted by molar-refractivity contribution is 9.10. The number of carbonyl (C=O) groups is 1. The first-order chi connectivity index (χ1) is 13.6. The Morgan fingerprint density at radius 1 is 1.21 bits per heavy atom. The number of hydrogen-bond acceptors (Lipinski definition) is 4. The van der Waals surface area contributed by atoms with Gasteiger partial charge in [-0.05, 0) is 67.2 Å². The monoisotopic (exact) mass is 439 g/mol. The van der Waals surface area contributed by atoms with Crippen molar-refractivity contribution in [2.45, 2.75) is 37.9 Å². The van der Waals surface area contributed by atoms with Crippen LogP contribution in [0, 0.1) is 0 Å². The van der Waals surface area contributed by atoms with Gasteiger partial charge in [0.05, 0.1) is 5.60 Å². The number of fused-ring (bicyclic) bond motifs is 3. The third-order valence-corrected chi connectivity index (χ3v) is 6.47. The SMILES string of the molecule is CCc1cc(Br)cc2cc(C(=O)[C@@H]3OC4(CCNCC4)c4ccccc43)oc12. The first kappa shape index (κ1) is 18.1. The molecule has 0 bridgehead atoms. The normalized spacial score (nSPS) is 20.6. The molecule has 3 heterocycles. The number of furan rings is 1. The van der Waals surface area contributed by atoms with E-state index >= 15 is 0 Å². The zero-order valence-corrected chi connectivity index (χ0v) is 17.3. The smallest absolute Gasteiger partial charge is 0.231 e. The van der Waals surface area contributed by atoms with E-state index in [1.165, 1.54) is 0 Å². The van der Waals surface area contributed by atoms with E-state index in [1.54, 1.807) is 0 Å². The molecule has 28 heavy (non-hydrogen) atoms. The lowest BCUT2D eigenvalue weighted by Gasteiger charge is -2.34. The molecule has 0 radical (unpaired) electrons. The van der Waals surface area contributed by atoms with Crippen LogP contribution in [0.5, 0.6) is 0 Å². The van der Waals surface area contributed by atoms with Crippen LogP contribution in [0.2, 0.25) is 0 Å². The number of piperidine rings is 1. The molecule has 2 aliphatic heterocycles. The summed E-state index contributed by atoms with van der Waals surface area (Å²) in [6.45, 7) is 3.88. The first-order valence-corrected chi connectivity index (χ1v) is 10.6. The standard InChI is InChI=1S/C23H22BrNO3/c1-2-14-11-16(24)12-15-13-19(27-21(14)15)20(26)22-17-5-3-4-6-18(17)23(28-22)7-9-25-10-8-23/h3-6,11-13,22,25H,2,7-10H2,1H3/t22-/m1/s1. The number of nitrogens with one attached hydrogen (secondary N) is 1. The van der Waals surface area contributed by atoms with Gasteiger partial charge in [0.15, 0.2) is 11.9 Å². The quantitative estimate of drug-likeness (QED) is 0.563. The molecule has 1 fully saturated rings. The van der Waals surface area contributed by atoms with Gasteiger partial charge in [0, 0.05) is 9.86 Å². The third-order valence-electron chi connectivity index (χ3n) is 6.01. The molecular weight excluding hydrogens is 418 g/mol. The molecule has 5 heteroatoms. The highest BCUT2D eigenvalue weighted by Gasteiger charge is 2.48. The Kier molecular flexibility index (Phi) is 4.42. The van der Waals surface area contributed by atoms with E-state index < -0.39 is 6.10 Å². The number of benzene rings is 2. The molecule has 0 aliphatic carbocycles. The Morgan fingerprint density at radius 3 is 2.79 bits per heavy atom. The Bertz CT molecular complexity index is 1060. The van der Waals surface area contributed by atoms with E-state index in [-0.39, 0.29) is 11.4 Å². The average Bonchev–Trinajstić information content (AvgIpc) is 3.28. The summed E-state index contributed by atoms with van der Waals surface area (Å²) >= 11 is 3.55. The zero-order chi connectivity index (χ0) is 19.3. The molecule has 5 rings (SSSR count). The summed E-state index contributed by atoms with van der Waals surface area (Å²) in [6, 6.07) is 14.0. The van der Waals surface area contributed by atoms with Crippen molar-refractivity contribution in [1.82, 2.24) is 5.32 Å². The maximum absolute atomic E-state index is 13.4. The molecule has 1 atom stereocenters. The fraction of sp³-hybridized carbons (Fsp3) is 0.348. The highest BCUT2D eigenvalue weighted by Crippen LogP contribution is 2.49. The number of rotatable bonds is 3. The van der Waals surface area contributed by atoms with Gasteiger partial charge < -0.3 is 14.5 Å². The number of hydrogen-bond donors (Lipinski definition) is 1. The summed E-state index contributed by atoms with van der Waals surface area (Å²) in [5.74, 6) is 0.269. The van der Waals surface area contributed by atoms with Crippen molar-refractivity contribution in [2.75, 3.05) is 13.1 Å². The summed E-state index contributed by atoms with van der Waals surface area (Å²) in [7, 11) is 0. The van der Waals surface area contributed by atoms with Crippen LogP contribution >= 0.6 is 15.9 Å². The van der Waals surface area contributed by atoms with Crippen LogP contribution in [0.4, 0.5) is 0 Å². The Labute approximate surface area is 172 Å². The van der Waals surface area contributed by atoms with Crippen LogP contribution in [0.25, 0.3) is 11.0 Å². The van der Waals surface area contributed by atoms with Gasteiger partial charge >= 0.3 is 0 Å². The minimum atomic E-state index is -0.608. The molecule has 4 nitrogen and oxygen atoms in total. The largest absolute Gasteiger partial charge is 0.453 e. The van der Waals surface area contributed by atoms with Crippen molar-refractivity contribution >= 4 is 32.7 Å². The predicted molar refractivity (Wildman–Crippen MR) is 112 cm³/mol. The van der Waals surface area contributed by atoms with E-state index in [2.05, 4.69) is 34.2 Å². The maximum atomic E-state index is 13.4. The molecule has 2 aromatic carbocycles. The third kappa shape index (κ3) is 2.76. The van der Waals surface area contributed by atoms with Crippen LogP contribution in [0.15, 0.2) is 51.4 Å². The van der Waals surface area contributed by atoms with Gasteiger partial charge in [-0.1, -0.05) is 47.1 Å². The number of Topliss-reactive ketones (excluding diaryl/α,β-unsaturated/α-hetero) is 1. The Hall–Kier alpha value is -1.95. The van der Waals surface area contributed by atoms with E-state index in [0.29, 0.717) is 5.76 Å². The molecule has 2 aliphatic rings. The lowest BCUT2D eigenvalue weighted by atomic mass is 9.84. The molecule has 1 saturated heterocycles. The number of halogens is 1. The van der Waals surface area contributed by atoms with Gasteiger partial charge in [-0.2, -0.15) is 0 Å². The minimum absolute atomic E-state index is 0.0998. The lowest BCUT2D eigenvalue weighted by Crippen LogP contribution is -2.40. The first-order valence-electron chi connectivity index (χ1n) is 9.85. The predicted octanol–water partition coefficient (Wildman–Crippen LogP) is 5.29. The summed E-state index contributed by atoms with van der Waals surface area (Å²) in [4.78, 5) is 13.4. The van der Waals surface area contributed by atoms with Gasteiger partial charge in [0.2, 0.25) is 5.78 Å². The molecule has 1 N–H and O–H groups in total. The fourth-order valence-corrected chi connectivity index (χ4v) is 5.13. The van der Waals surface area contributed by atoms with Gasteiger partial charge in [0.25, 0.3) is 0 Å². The summed E-state index contributed by atoms with van der Waals surface area (Å²) < 4.78 is 13.5. The van der Waals surface area contributed by atoms with Crippen molar-refractivity contribution in [3.8, 4) is 0 Å². The van der Waals surface area contributed by atoms with Crippen molar-refractivity contribution in [2.24, 2.45) is 0 Å². The van der Waals surface area contributed by atoms with E-state index in [0.717, 1.165) is 64.5 Å². The van der Waals surface area contributed by atoms with Gasteiger partial charge in [-0.25, -0.2) is 0 Å². The Morgan fingerprint density at radius 2 is 2.00 bits per heavy atom. The second kappa shape index (κ2) is 6.83. The minimum Gasteiger partial charge on any atom is -0.453 e. The van der Waals surface area contributed by atoms with E-state index in [1.807, 2.05) is 36.4 Å². The highest BCUT2D eigenvalue weighted by atomic mass is 79.9. The van der Waals surface area contributed by atoms with Gasteiger partial charge in [-0.3, -0.25) is 4.79 Å².